The van der Waals surface area contributed by atoms with Crippen molar-refractivity contribution in [2.75, 3.05) is 13.7 Å². The Hall–Kier alpha value is -2.73. The maximum atomic E-state index is 14.7. The van der Waals surface area contributed by atoms with Crippen LogP contribution in [-0.4, -0.2) is 33.9 Å². The second-order valence-electron chi connectivity index (χ2n) is 8.16. The Morgan fingerprint density at radius 2 is 1.92 bits per heavy atom. The van der Waals surface area contributed by atoms with Crippen LogP contribution in [-0.2, 0) is 22.8 Å². The van der Waals surface area contributed by atoms with Crippen molar-refractivity contribution >= 4 is 29.3 Å². The molecule has 0 spiro atoms. The number of nitrogens with one attached hydrogen (secondary N) is 1. The molecule has 1 unspecified atom stereocenters. The lowest BCUT2D eigenvalue weighted by atomic mass is 9.90. The van der Waals surface area contributed by atoms with E-state index in [1.54, 1.807) is 14.0 Å². The Bertz CT molecular complexity index is 1310. The molecular weight excluding hydrogens is 526 g/mol. The zero-order chi connectivity index (χ0) is 26.8. The number of ether oxygens (including phenoxy) is 1. The molecule has 1 aliphatic carbocycles. The Morgan fingerprint density at radius 1 is 1.25 bits per heavy atom. The first-order valence-corrected chi connectivity index (χ1v) is 12.2. The third kappa shape index (κ3) is 5.97. The van der Waals surface area contributed by atoms with Gasteiger partial charge in [0, 0.05) is 31.0 Å². The van der Waals surface area contributed by atoms with Crippen molar-refractivity contribution in [2.24, 2.45) is 7.05 Å². The Morgan fingerprint density at radius 3 is 2.47 bits per heavy atom. The molecule has 1 heterocycles. The van der Waals surface area contributed by atoms with Crippen LogP contribution in [0, 0.1) is 5.82 Å². The van der Waals surface area contributed by atoms with E-state index in [1.807, 2.05) is 0 Å². The number of amides is 1. The molecule has 2 aromatic rings. The van der Waals surface area contributed by atoms with Crippen LogP contribution in [0.5, 0.6) is 0 Å². The minimum Gasteiger partial charge on any atom is -0.501 e. The van der Waals surface area contributed by atoms with E-state index in [4.69, 9.17) is 16.3 Å². The van der Waals surface area contributed by atoms with E-state index in [0.717, 1.165) is 56.0 Å². The second-order valence-corrected chi connectivity index (χ2v) is 9.95. The molecule has 0 saturated heterocycles. The SMILES string of the molecule is COC(CCNC(=O)C(C)Sc1cc(-n2c(=O)cc(C(F)(F)F)n(C)c2=O)c(F)cc1Cl)=C1CCC1. The fourth-order valence-corrected chi connectivity index (χ4v) is 4.85. The van der Waals surface area contributed by atoms with Crippen LogP contribution in [0.4, 0.5) is 17.6 Å². The summed E-state index contributed by atoms with van der Waals surface area (Å²) in [5.41, 5.74) is -3.54. The molecule has 36 heavy (non-hydrogen) atoms. The summed E-state index contributed by atoms with van der Waals surface area (Å²) in [6.45, 7) is 1.93. The zero-order valence-corrected chi connectivity index (χ0v) is 21.2. The van der Waals surface area contributed by atoms with Gasteiger partial charge in [-0.3, -0.25) is 14.2 Å². The van der Waals surface area contributed by atoms with Crippen molar-refractivity contribution in [2.45, 2.75) is 48.9 Å². The Kier molecular flexibility index (Phi) is 8.60. The van der Waals surface area contributed by atoms with Gasteiger partial charge in [0.15, 0.2) is 0 Å². The monoisotopic (exact) mass is 549 g/mol. The molecule has 3 rings (SSSR count). The van der Waals surface area contributed by atoms with Crippen LogP contribution in [0.25, 0.3) is 5.69 Å². The highest BCUT2D eigenvalue weighted by Crippen LogP contribution is 2.34. The predicted molar refractivity (Wildman–Crippen MR) is 128 cm³/mol. The summed E-state index contributed by atoms with van der Waals surface area (Å²) < 4.78 is 59.9. The molecule has 1 amide bonds. The van der Waals surface area contributed by atoms with Gasteiger partial charge >= 0.3 is 11.9 Å². The number of carbonyl (C=O) groups excluding carboxylic acids is 1. The summed E-state index contributed by atoms with van der Waals surface area (Å²) in [6.07, 6.45) is -1.32. The molecule has 0 aliphatic heterocycles. The maximum Gasteiger partial charge on any atom is 0.431 e. The molecule has 196 valence electrons. The van der Waals surface area contributed by atoms with E-state index < -0.39 is 39.9 Å². The topological polar surface area (TPSA) is 82.3 Å². The maximum absolute atomic E-state index is 14.7. The van der Waals surface area contributed by atoms with Gasteiger partial charge in [-0.15, -0.1) is 11.8 Å². The largest absolute Gasteiger partial charge is 0.501 e. The highest BCUT2D eigenvalue weighted by atomic mass is 35.5. The van der Waals surface area contributed by atoms with E-state index in [-0.39, 0.29) is 31.0 Å². The number of hydrogen-bond acceptors (Lipinski definition) is 5. The van der Waals surface area contributed by atoms with Crippen LogP contribution in [0.2, 0.25) is 5.02 Å². The number of allylic oxidation sites excluding steroid dienone is 1. The molecule has 7 nitrogen and oxygen atoms in total. The quantitative estimate of drug-likeness (QED) is 0.299. The lowest BCUT2D eigenvalue weighted by Crippen LogP contribution is -2.41. The molecule has 0 radical (unpaired) electrons. The third-order valence-corrected chi connectivity index (χ3v) is 7.36. The normalized spacial score (nSPS) is 14.3. The Balaban J connectivity index is 1.82. The van der Waals surface area contributed by atoms with Gasteiger partial charge in [-0.1, -0.05) is 11.6 Å². The molecule has 1 N–H and O–H groups in total. The lowest BCUT2D eigenvalue weighted by Gasteiger charge is -2.21. The average Bonchev–Trinajstić information content (AvgIpc) is 2.76. The highest BCUT2D eigenvalue weighted by molar-refractivity contribution is 8.00. The lowest BCUT2D eigenvalue weighted by molar-refractivity contribution is -0.144. The highest BCUT2D eigenvalue weighted by Gasteiger charge is 2.35. The third-order valence-electron chi connectivity index (χ3n) is 5.77. The number of alkyl halides is 3. The average molecular weight is 550 g/mol. The number of thioether (sulfide) groups is 1. The van der Waals surface area contributed by atoms with E-state index >= 15 is 0 Å². The van der Waals surface area contributed by atoms with E-state index in [9.17, 15) is 31.9 Å². The predicted octanol–water partition coefficient (Wildman–Crippen LogP) is 4.42. The van der Waals surface area contributed by atoms with Crippen molar-refractivity contribution in [1.82, 2.24) is 14.5 Å². The van der Waals surface area contributed by atoms with Crippen LogP contribution in [0.1, 0.15) is 38.3 Å². The summed E-state index contributed by atoms with van der Waals surface area (Å²) in [5, 5.41) is 2.00. The minimum atomic E-state index is -4.95. The summed E-state index contributed by atoms with van der Waals surface area (Å²) in [5.74, 6) is -0.563. The molecule has 1 aromatic carbocycles. The number of aromatic nitrogens is 2. The van der Waals surface area contributed by atoms with Gasteiger partial charge in [-0.2, -0.15) is 13.2 Å². The standard InChI is InChI=1S/C23H24ClF4N3O4S/c1-12(21(33)29-8-7-17(35-3)13-5-4-6-13)36-18-10-16(15(25)9-14(18)24)31-20(32)11-19(23(26,27)28)30(2)22(31)34/h9-12H,4-8H2,1-3H3,(H,29,33). The van der Waals surface area contributed by atoms with E-state index in [2.05, 4.69) is 5.32 Å². The van der Waals surface area contributed by atoms with Crippen LogP contribution < -0.4 is 16.6 Å². The van der Waals surface area contributed by atoms with Gasteiger partial charge in [0.05, 0.1) is 28.8 Å². The van der Waals surface area contributed by atoms with Crippen LogP contribution >= 0.6 is 23.4 Å². The number of benzene rings is 1. The van der Waals surface area contributed by atoms with Crippen molar-refractivity contribution in [3.63, 3.8) is 0 Å². The summed E-state index contributed by atoms with van der Waals surface area (Å²) in [7, 11) is 2.41. The van der Waals surface area contributed by atoms with Crippen molar-refractivity contribution < 1.29 is 27.1 Å². The zero-order valence-electron chi connectivity index (χ0n) is 19.7. The van der Waals surface area contributed by atoms with Gasteiger partial charge in [0.1, 0.15) is 11.5 Å². The van der Waals surface area contributed by atoms with Crippen LogP contribution in [0.15, 0.2) is 44.0 Å². The number of rotatable bonds is 8. The van der Waals surface area contributed by atoms with Crippen molar-refractivity contribution in [1.29, 1.82) is 0 Å². The van der Waals surface area contributed by atoms with Crippen molar-refractivity contribution in [3.05, 3.63) is 66.9 Å². The first kappa shape index (κ1) is 27.9. The van der Waals surface area contributed by atoms with Gasteiger partial charge < -0.3 is 10.1 Å². The van der Waals surface area contributed by atoms with Gasteiger partial charge in [-0.05, 0) is 43.9 Å². The molecule has 1 aromatic heterocycles. The molecule has 1 aliphatic rings. The van der Waals surface area contributed by atoms with Gasteiger partial charge in [-0.25, -0.2) is 13.8 Å². The van der Waals surface area contributed by atoms with Gasteiger partial charge in [0.25, 0.3) is 5.56 Å². The smallest absolute Gasteiger partial charge is 0.431 e. The number of nitrogens with zero attached hydrogens (tertiary/aromatic N) is 2. The van der Waals surface area contributed by atoms with Gasteiger partial charge in [0.2, 0.25) is 5.91 Å². The Labute approximate surface area is 213 Å². The number of hydrogen-bond donors (Lipinski definition) is 1. The fraction of sp³-hybridized carbons (Fsp3) is 0.435. The molecule has 13 heteroatoms. The fourth-order valence-electron chi connectivity index (χ4n) is 3.64. The molecule has 1 atom stereocenters. The second kappa shape index (κ2) is 11.1. The summed E-state index contributed by atoms with van der Waals surface area (Å²) in [4.78, 5) is 37.7. The number of carbonyl (C=O) groups is 1. The first-order chi connectivity index (χ1) is 16.8. The molecule has 0 bridgehead atoms. The van der Waals surface area contributed by atoms with Crippen LogP contribution in [0.3, 0.4) is 0 Å². The van der Waals surface area contributed by atoms with E-state index in [0.29, 0.717) is 13.0 Å². The molecular formula is C23H24ClF4N3O4S. The number of halogens is 5. The summed E-state index contributed by atoms with van der Waals surface area (Å²) >= 11 is 7.07. The van der Waals surface area contributed by atoms with Crippen molar-refractivity contribution in [3.8, 4) is 5.69 Å². The summed E-state index contributed by atoms with van der Waals surface area (Å²) in [6, 6.07) is 2.11. The molecule has 1 saturated carbocycles. The van der Waals surface area contributed by atoms with E-state index in [1.165, 1.54) is 5.57 Å². The molecule has 1 fully saturated rings. The number of methoxy groups -OCH3 is 1. The first-order valence-electron chi connectivity index (χ1n) is 10.9. The minimum absolute atomic E-state index is 0.0888.